The van der Waals surface area contributed by atoms with Gasteiger partial charge in [0, 0.05) is 18.0 Å². The van der Waals surface area contributed by atoms with Gasteiger partial charge in [0.25, 0.3) is 0 Å². The number of aliphatic hydroxyl groups excluding tert-OH is 3. The predicted octanol–water partition coefficient (Wildman–Crippen LogP) is 2.87. The molecule has 0 spiro atoms. The molecule has 1 saturated heterocycles. The van der Waals surface area contributed by atoms with Crippen molar-refractivity contribution in [1.82, 2.24) is 9.78 Å². The van der Waals surface area contributed by atoms with E-state index in [4.69, 9.17) is 33.2 Å². The highest BCUT2D eigenvalue weighted by atomic mass is 16.7. The number of carbonyl (C=O) groups is 2. The third kappa shape index (κ3) is 9.20. The lowest BCUT2D eigenvalue weighted by molar-refractivity contribution is -0.278. The van der Waals surface area contributed by atoms with Gasteiger partial charge in [-0.15, -0.1) is 5.10 Å². The summed E-state index contributed by atoms with van der Waals surface area (Å²) >= 11 is 0. The quantitative estimate of drug-likeness (QED) is 0.282. The maximum absolute atomic E-state index is 12.0. The van der Waals surface area contributed by atoms with Crippen LogP contribution in [0.2, 0.25) is 0 Å². The molecule has 0 radical (unpaired) electrons. The predicted molar refractivity (Wildman–Crippen MR) is 150 cm³/mol. The van der Waals surface area contributed by atoms with Crippen LogP contribution in [0.5, 0.6) is 11.6 Å². The van der Waals surface area contributed by atoms with Crippen LogP contribution < -0.4 is 9.47 Å². The molecule has 0 saturated carbocycles. The molecule has 0 aliphatic carbocycles. The number of rotatable bonds is 13. The van der Waals surface area contributed by atoms with Crippen molar-refractivity contribution in [3.63, 3.8) is 0 Å². The third-order valence-corrected chi connectivity index (χ3v) is 6.36. The molecule has 1 aromatic carbocycles. The van der Waals surface area contributed by atoms with E-state index in [1.165, 1.54) is 0 Å². The molecule has 1 aliphatic rings. The smallest absolute Gasteiger partial charge is 0.491 e. The van der Waals surface area contributed by atoms with Gasteiger partial charge in [0.05, 0.1) is 25.0 Å². The summed E-state index contributed by atoms with van der Waals surface area (Å²) < 4.78 is 39.0. The lowest BCUT2D eigenvalue weighted by Crippen LogP contribution is -2.60. The summed E-state index contributed by atoms with van der Waals surface area (Å²) in [5.41, 5.74) is 1.88. The van der Waals surface area contributed by atoms with Crippen LogP contribution >= 0.6 is 0 Å². The van der Waals surface area contributed by atoms with E-state index >= 15 is 0 Å². The molecule has 0 unspecified atom stereocenters. The summed E-state index contributed by atoms with van der Waals surface area (Å²) in [5.74, 6) is 0.734. The second-order valence-electron chi connectivity index (χ2n) is 10.4. The zero-order valence-electron chi connectivity index (χ0n) is 25.3. The largest absolute Gasteiger partial charge is 0.508 e. The Bertz CT molecular complexity index is 1180. The standard InChI is InChI=1S/C29H42N2O12/c1-7-37-28(35)39-14-21-20(13-18-9-11-19(12-10-18)41-17(5)6)26(30-31(21)16(3)4)43-27-25(34)24(33)23(32)22(42-27)15-40-29(36)38-8-2/h9-12,16-17,22-25,27,32-34H,7-8,13-15H2,1-6H3/t22-,23-,24+,25-,27+/m1/s1. The lowest BCUT2D eigenvalue weighted by atomic mass is 9.99. The number of aromatic nitrogens is 2. The molecule has 1 fully saturated rings. The van der Waals surface area contributed by atoms with Crippen LogP contribution in [-0.4, -0.2) is 94.0 Å². The Balaban J connectivity index is 1.94. The highest BCUT2D eigenvalue weighted by Crippen LogP contribution is 2.32. The van der Waals surface area contributed by atoms with Crippen LogP contribution in [-0.2, 0) is 36.7 Å². The molecular formula is C29H42N2O12. The molecule has 240 valence electrons. The SMILES string of the molecule is CCOC(=O)OCc1c(Cc2ccc(OC(C)C)cc2)c(O[C@@H]2O[C@H](COC(=O)OCC)[C@@H](O)[C@H](O)[C@H]2O)nn1C(C)C. The van der Waals surface area contributed by atoms with E-state index in [2.05, 4.69) is 5.10 Å². The average molecular weight is 611 g/mol. The molecule has 14 nitrogen and oxygen atoms in total. The molecule has 2 heterocycles. The molecule has 14 heteroatoms. The summed E-state index contributed by atoms with van der Waals surface area (Å²) in [6.45, 7) is 10.4. The van der Waals surface area contributed by atoms with Crippen molar-refractivity contribution in [2.24, 2.45) is 0 Å². The Morgan fingerprint density at radius 2 is 1.53 bits per heavy atom. The van der Waals surface area contributed by atoms with Crippen molar-refractivity contribution < 1.29 is 58.1 Å². The minimum Gasteiger partial charge on any atom is -0.491 e. The normalized spacial score (nSPS) is 21.9. The van der Waals surface area contributed by atoms with Gasteiger partial charge in [0.2, 0.25) is 12.2 Å². The maximum Gasteiger partial charge on any atom is 0.508 e. The van der Waals surface area contributed by atoms with Gasteiger partial charge in [-0.25, -0.2) is 9.59 Å². The van der Waals surface area contributed by atoms with Crippen LogP contribution in [0.1, 0.15) is 64.4 Å². The van der Waals surface area contributed by atoms with Gasteiger partial charge in [-0.05, 0) is 59.2 Å². The molecule has 3 rings (SSSR count). The molecule has 2 aromatic rings. The van der Waals surface area contributed by atoms with Gasteiger partial charge in [-0.1, -0.05) is 12.1 Å². The van der Waals surface area contributed by atoms with Crippen LogP contribution in [0.3, 0.4) is 0 Å². The number of benzene rings is 1. The lowest BCUT2D eigenvalue weighted by Gasteiger charge is -2.39. The topological polar surface area (TPSA) is 177 Å². The maximum atomic E-state index is 12.0. The van der Waals surface area contributed by atoms with E-state index in [9.17, 15) is 24.9 Å². The number of ether oxygens (including phenoxy) is 7. The third-order valence-electron chi connectivity index (χ3n) is 6.36. The Hall–Kier alpha value is -3.59. The van der Waals surface area contributed by atoms with Crippen molar-refractivity contribution in [3.05, 3.63) is 41.1 Å². The monoisotopic (exact) mass is 610 g/mol. The summed E-state index contributed by atoms with van der Waals surface area (Å²) in [4.78, 5) is 23.7. The van der Waals surface area contributed by atoms with Gasteiger partial charge in [0.1, 0.15) is 43.4 Å². The number of aliphatic hydroxyl groups is 3. The second-order valence-corrected chi connectivity index (χ2v) is 10.4. The van der Waals surface area contributed by atoms with E-state index in [0.29, 0.717) is 17.0 Å². The molecule has 1 aromatic heterocycles. The van der Waals surface area contributed by atoms with E-state index in [-0.39, 0.29) is 44.3 Å². The first kappa shape index (κ1) is 33.9. The number of nitrogens with zero attached hydrogens (tertiary/aromatic N) is 2. The fraction of sp³-hybridized carbons (Fsp3) is 0.621. The molecule has 0 bridgehead atoms. The van der Waals surface area contributed by atoms with Gasteiger partial charge in [0.15, 0.2) is 0 Å². The van der Waals surface area contributed by atoms with Gasteiger partial charge in [-0.3, -0.25) is 4.68 Å². The Morgan fingerprint density at radius 3 is 2.12 bits per heavy atom. The molecular weight excluding hydrogens is 568 g/mol. The van der Waals surface area contributed by atoms with Crippen LogP contribution in [0.15, 0.2) is 24.3 Å². The number of carbonyl (C=O) groups excluding carboxylic acids is 2. The van der Waals surface area contributed by atoms with Crippen molar-refractivity contribution in [1.29, 1.82) is 0 Å². The fourth-order valence-corrected chi connectivity index (χ4v) is 4.35. The Kier molecular flexibility index (Phi) is 12.4. The van der Waals surface area contributed by atoms with Gasteiger partial charge >= 0.3 is 12.3 Å². The number of hydrogen-bond acceptors (Lipinski definition) is 13. The molecule has 0 amide bonds. The first-order valence-corrected chi connectivity index (χ1v) is 14.3. The van der Waals surface area contributed by atoms with Crippen LogP contribution in [0, 0.1) is 0 Å². The van der Waals surface area contributed by atoms with Crippen molar-refractivity contribution in [2.75, 3.05) is 19.8 Å². The first-order valence-electron chi connectivity index (χ1n) is 14.3. The number of hydrogen-bond donors (Lipinski definition) is 3. The van der Waals surface area contributed by atoms with Crippen LogP contribution in [0.4, 0.5) is 9.59 Å². The van der Waals surface area contributed by atoms with Crippen molar-refractivity contribution in [2.45, 2.75) is 97.4 Å². The summed E-state index contributed by atoms with van der Waals surface area (Å²) in [7, 11) is 0. The zero-order chi connectivity index (χ0) is 31.7. The van der Waals surface area contributed by atoms with E-state index in [1.54, 1.807) is 18.5 Å². The highest BCUT2D eigenvalue weighted by molar-refractivity contribution is 5.60. The van der Waals surface area contributed by atoms with E-state index in [0.717, 1.165) is 5.56 Å². The zero-order valence-corrected chi connectivity index (χ0v) is 25.3. The minimum atomic E-state index is -1.69. The van der Waals surface area contributed by atoms with Gasteiger partial charge in [-0.2, -0.15) is 0 Å². The summed E-state index contributed by atoms with van der Waals surface area (Å²) in [5, 5.41) is 36.3. The first-order chi connectivity index (χ1) is 20.4. The molecule has 5 atom stereocenters. The Labute approximate surface area is 250 Å². The molecule has 1 aliphatic heterocycles. The van der Waals surface area contributed by atoms with E-state index in [1.807, 2.05) is 52.0 Å². The Morgan fingerprint density at radius 1 is 0.907 bits per heavy atom. The van der Waals surface area contributed by atoms with Crippen molar-refractivity contribution >= 4 is 12.3 Å². The minimum absolute atomic E-state index is 0.00376. The highest BCUT2D eigenvalue weighted by Gasteiger charge is 2.46. The second kappa shape index (κ2) is 15.8. The summed E-state index contributed by atoms with van der Waals surface area (Å²) in [6, 6.07) is 7.21. The molecule has 3 N–H and O–H groups in total. The fourth-order valence-electron chi connectivity index (χ4n) is 4.35. The summed E-state index contributed by atoms with van der Waals surface area (Å²) in [6.07, 6.45) is -9.27. The average Bonchev–Trinajstić information content (AvgIpc) is 3.29. The molecule has 43 heavy (non-hydrogen) atoms. The van der Waals surface area contributed by atoms with Crippen LogP contribution in [0.25, 0.3) is 0 Å². The van der Waals surface area contributed by atoms with Crippen molar-refractivity contribution in [3.8, 4) is 11.6 Å². The van der Waals surface area contributed by atoms with Gasteiger partial charge < -0.3 is 48.5 Å². The van der Waals surface area contributed by atoms with E-state index < -0.39 is 49.6 Å².